The topological polar surface area (TPSA) is 29.1 Å². The lowest BCUT2D eigenvalue weighted by Gasteiger charge is -2.07. The Morgan fingerprint density at radius 1 is 1.46 bits per heavy atom. The van der Waals surface area contributed by atoms with Crippen molar-refractivity contribution >= 4 is 11.6 Å². The second-order valence-electron chi connectivity index (χ2n) is 3.33. The van der Waals surface area contributed by atoms with Crippen molar-refractivity contribution in [3.63, 3.8) is 0 Å². The first kappa shape index (κ1) is 9.78. The van der Waals surface area contributed by atoms with Gasteiger partial charge in [-0.2, -0.15) is 0 Å². The molecule has 0 saturated heterocycles. The summed E-state index contributed by atoms with van der Waals surface area (Å²) >= 11 is 0. The number of hydrogen-bond acceptors (Lipinski definition) is 1. The highest BCUT2D eigenvalue weighted by molar-refractivity contribution is 5.93. The molecule has 2 heteroatoms. The molecule has 0 bridgehead atoms. The van der Waals surface area contributed by atoms with Crippen molar-refractivity contribution in [1.82, 2.24) is 0 Å². The van der Waals surface area contributed by atoms with Gasteiger partial charge in [0.1, 0.15) is 0 Å². The first-order valence-corrected chi connectivity index (χ1v) is 4.32. The van der Waals surface area contributed by atoms with E-state index in [-0.39, 0.29) is 5.91 Å². The van der Waals surface area contributed by atoms with Gasteiger partial charge < -0.3 is 5.32 Å². The van der Waals surface area contributed by atoms with Crippen molar-refractivity contribution in [3.8, 4) is 0 Å². The van der Waals surface area contributed by atoms with Gasteiger partial charge in [-0.15, -0.1) is 0 Å². The molecule has 0 aliphatic heterocycles. The Morgan fingerprint density at radius 3 is 2.69 bits per heavy atom. The van der Waals surface area contributed by atoms with E-state index in [9.17, 15) is 4.79 Å². The Morgan fingerprint density at radius 2 is 2.15 bits per heavy atom. The van der Waals surface area contributed by atoms with Crippen LogP contribution in [0.3, 0.4) is 0 Å². The van der Waals surface area contributed by atoms with Crippen LogP contribution in [0.4, 0.5) is 5.69 Å². The van der Waals surface area contributed by atoms with Crippen molar-refractivity contribution in [2.75, 3.05) is 5.32 Å². The van der Waals surface area contributed by atoms with E-state index in [2.05, 4.69) is 26.1 Å². The van der Waals surface area contributed by atoms with Crippen LogP contribution in [0.2, 0.25) is 0 Å². The van der Waals surface area contributed by atoms with Gasteiger partial charge in [0, 0.05) is 12.6 Å². The molecule has 0 atom stereocenters. The summed E-state index contributed by atoms with van der Waals surface area (Å²) in [6.45, 7) is 7.49. The summed E-state index contributed by atoms with van der Waals surface area (Å²) in [6, 6.07) is 7.80. The molecule has 0 heterocycles. The Labute approximate surface area is 79.0 Å². The van der Waals surface area contributed by atoms with Crippen LogP contribution in [-0.2, 0) is 4.79 Å². The predicted octanol–water partition coefficient (Wildman–Crippen LogP) is 2.58. The number of benzene rings is 1. The predicted molar refractivity (Wildman–Crippen MR) is 54.5 cm³/mol. The molecule has 0 aliphatic rings. The molecule has 0 aliphatic carbocycles. The third-order valence-corrected chi connectivity index (χ3v) is 1.84. The molecule has 0 fully saturated rings. The van der Waals surface area contributed by atoms with Gasteiger partial charge in [0.15, 0.2) is 0 Å². The average molecular weight is 176 g/mol. The highest BCUT2D eigenvalue weighted by Gasteiger charge is 2.00. The minimum absolute atomic E-state index is 0.277. The third-order valence-electron chi connectivity index (χ3n) is 1.84. The van der Waals surface area contributed by atoms with Crippen LogP contribution in [-0.4, -0.2) is 5.91 Å². The van der Waals surface area contributed by atoms with Gasteiger partial charge in [0.2, 0.25) is 5.91 Å². The largest absolute Gasteiger partial charge is 0.326 e. The summed E-state index contributed by atoms with van der Waals surface area (Å²) in [5.74, 6) is 0.197. The molecule has 1 radical (unpaired) electrons. The first-order chi connectivity index (χ1) is 6.09. The maximum Gasteiger partial charge on any atom is 0.224 e. The summed E-state index contributed by atoms with van der Waals surface area (Å²) in [7, 11) is 0. The van der Waals surface area contributed by atoms with Crippen LogP contribution in [0.15, 0.2) is 24.3 Å². The number of carbonyl (C=O) groups is 1. The molecule has 1 amide bonds. The normalized spacial score (nSPS) is 10.2. The second kappa shape index (κ2) is 4.08. The van der Waals surface area contributed by atoms with Gasteiger partial charge in [-0.05, 0) is 23.6 Å². The molecule has 69 valence electrons. The zero-order valence-corrected chi connectivity index (χ0v) is 8.00. The van der Waals surface area contributed by atoms with Gasteiger partial charge in [-0.3, -0.25) is 4.79 Å². The summed E-state index contributed by atoms with van der Waals surface area (Å²) in [4.78, 5) is 10.7. The fraction of sp³-hybridized carbons (Fsp3) is 0.273. The summed E-state index contributed by atoms with van der Waals surface area (Å²) in [5.41, 5.74) is 2.03. The van der Waals surface area contributed by atoms with E-state index in [1.54, 1.807) is 0 Å². The van der Waals surface area contributed by atoms with Crippen molar-refractivity contribution in [2.45, 2.75) is 19.8 Å². The van der Waals surface area contributed by atoms with E-state index in [1.807, 2.05) is 24.3 Å². The number of hydrogen-bond donors (Lipinski definition) is 1. The molecule has 0 spiro atoms. The summed E-state index contributed by atoms with van der Waals surface area (Å²) in [6.07, 6.45) is 0. The molecular formula is C11H14NO. The lowest BCUT2D eigenvalue weighted by molar-refractivity contribution is -0.112. The van der Waals surface area contributed by atoms with Crippen molar-refractivity contribution in [1.29, 1.82) is 0 Å². The Kier molecular flexibility index (Phi) is 3.07. The SMILES string of the molecule is [CH2]C(=O)Nc1cccc(C(C)C)c1. The lowest BCUT2D eigenvalue weighted by Crippen LogP contribution is -2.06. The monoisotopic (exact) mass is 176 g/mol. The highest BCUT2D eigenvalue weighted by atomic mass is 16.1. The Bertz CT molecular complexity index is 305. The molecular weight excluding hydrogens is 162 g/mol. The third kappa shape index (κ3) is 2.90. The molecule has 1 aromatic rings. The van der Waals surface area contributed by atoms with Gasteiger partial charge in [-0.25, -0.2) is 0 Å². The van der Waals surface area contributed by atoms with Gasteiger partial charge in [-0.1, -0.05) is 26.0 Å². The maximum atomic E-state index is 10.7. The minimum atomic E-state index is -0.277. The van der Waals surface area contributed by atoms with E-state index in [0.29, 0.717) is 5.92 Å². The summed E-state index contributed by atoms with van der Waals surface area (Å²) < 4.78 is 0. The Hall–Kier alpha value is -1.31. The smallest absolute Gasteiger partial charge is 0.224 e. The molecule has 1 aromatic carbocycles. The van der Waals surface area contributed by atoms with Gasteiger partial charge in [0.25, 0.3) is 0 Å². The van der Waals surface area contributed by atoms with E-state index in [0.717, 1.165) is 5.69 Å². The van der Waals surface area contributed by atoms with Crippen LogP contribution in [0.25, 0.3) is 0 Å². The lowest BCUT2D eigenvalue weighted by atomic mass is 10.0. The maximum absolute atomic E-state index is 10.7. The summed E-state index contributed by atoms with van der Waals surface area (Å²) in [5, 5.41) is 2.65. The number of anilines is 1. The van der Waals surface area contributed by atoms with Gasteiger partial charge in [0.05, 0.1) is 0 Å². The molecule has 1 rings (SSSR count). The van der Waals surface area contributed by atoms with Crippen LogP contribution >= 0.6 is 0 Å². The average Bonchev–Trinajstić information content (AvgIpc) is 2.03. The van der Waals surface area contributed by atoms with E-state index in [1.165, 1.54) is 5.56 Å². The highest BCUT2D eigenvalue weighted by Crippen LogP contribution is 2.18. The minimum Gasteiger partial charge on any atom is -0.326 e. The molecule has 1 N–H and O–H groups in total. The van der Waals surface area contributed by atoms with Crippen LogP contribution in [0.5, 0.6) is 0 Å². The molecule has 2 nitrogen and oxygen atoms in total. The van der Waals surface area contributed by atoms with E-state index in [4.69, 9.17) is 0 Å². The number of amides is 1. The van der Waals surface area contributed by atoms with E-state index < -0.39 is 0 Å². The fourth-order valence-corrected chi connectivity index (χ4v) is 1.14. The van der Waals surface area contributed by atoms with E-state index >= 15 is 0 Å². The van der Waals surface area contributed by atoms with Crippen molar-refractivity contribution < 1.29 is 4.79 Å². The molecule has 0 saturated carbocycles. The molecule has 0 aromatic heterocycles. The standard InChI is InChI=1S/C11H14NO/c1-8(2)10-5-4-6-11(7-10)12-9(3)13/h4-8H,3H2,1-2H3,(H,12,13). The quantitative estimate of drug-likeness (QED) is 0.737. The molecule has 13 heavy (non-hydrogen) atoms. The number of nitrogens with one attached hydrogen (secondary N) is 1. The zero-order valence-electron chi connectivity index (χ0n) is 8.00. The second-order valence-corrected chi connectivity index (χ2v) is 3.33. The Balaban J connectivity index is 2.85. The van der Waals surface area contributed by atoms with Crippen LogP contribution in [0.1, 0.15) is 25.3 Å². The first-order valence-electron chi connectivity index (χ1n) is 4.32. The number of rotatable bonds is 2. The number of carbonyl (C=O) groups excluding carboxylic acids is 1. The van der Waals surface area contributed by atoms with Crippen molar-refractivity contribution in [2.24, 2.45) is 0 Å². The fourth-order valence-electron chi connectivity index (χ4n) is 1.14. The van der Waals surface area contributed by atoms with Crippen molar-refractivity contribution in [3.05, 3.63) is 36.8 Å². The van der Waals surface area contributed by atoms with Gasteiger partial charge >= 0.3 is 0 Å². The molecule has 0 unspecified atom stereocenters. The zero-order chi connectivity index (χ0) is 9.84. The van der Waals surface area contributed by atoms with Crippen LogP contribution < -0.4 is 5.32 Å². The van der Waals surface area contributed by atoms with Crippen LogP contribution in [0, 0.1) is 6.92 Å².